The van der Waals surface area contributed by atoms with Gasteiger partial charge in [0.25, 0.3) is 0 Å². The average molecular weight is 365 g/mol. The molecule has 0 aliphatic carbocycles. The molecule has 0 fully saturated rings. The molecule has 2 amide bonds. The Morgan fingerprint density at radius 1 is 1.04 bits per heavy atom. The average Bonchev–Trinajstić information content (AvgIpc) is 2.96. The Labute approximate surface area is 158 Å². The first-order chi connectivity index (χ1) is 13.0. The van der Waals surface area contributed by atoms with Crippen LogP contribution < -0.4 is 15.4 Å². The minimum absolute atomic E-state index is 0.103. The van der Waals surface area contributed by atoms with E-state index in [4.69, 9.17) is 4.74 Å². The van der Waals surface area contributed by atoms with Gasteiger partial charge in [0.2, 0.25) is 11.8 Å². The van der Waals surface area contributed by atoms with Crippen molar-refractivity contribution in [3.63, 3.8) is 0 Å². The molecule has 0 spiro atoms. The number of rotatable bonds is 6. The molecule has 0 radical (unpaired) electrons. The van der Waals surface area contributed by atoms with Crippen molar-refractivity contribution in [2.24, 2.45) is 0 Å². The SMILES string of the molecule is COc1ccc(C)cc1NC(=O)CNC(=O)Cn1c(C)cc2ccccc21. The summed E-state index contributed by atoms with van der Waals surface area (Å²) in [5.74, 6) is 0.0573. The van der Waals surface area contributed by atoms with Crippen LogP contribution >= 0.6 is 0 Å². The van der Waals surface area contributed by atoms with E-state index in [9.17, 15) is 9.59 Å². The monoisotopic (exact) mass is 365 g/mol. The summed E-state index contributed by atoms with van der Waals surface area (Å²) in [5.41, 5.74) is 3.59. The van der Waals surface area contributed by atoms with E-state index in [0.717, 1.165) is 22.2 Å². The number of aryl methyl sites for hydroxylation is 2. The van der Waals surface area contributed by atoms with E-state index in [1.165, 1.54) is 0 Å². The summed E-state index contributed by atoms with van der Waals surface area (Å²) >= 11 is 0. The smallest absolute Gasteiger partial charge is 0.243 e. The molecule has 0 saturated carbocycles. The van der Waals surface area contributed by atoms with Gasteiger partial charge in [-0.15, -0.1) is 0 Å². The van der Waals surface area contributed by atoms with Crippen LogP contribution in [0, 0.1) is 13.8 Å². The second kappa shape index (κ2) is 7.95. The number of nitrogens with zero attached hydrogens (tertiary/aromatic N) is 1. The van der Waals surface area contributed by atoms with Crippen molar-refractivity contribution in [3.8, 4) is 5.75 Å². The fraction of sp³-hybridized carbons (Fsp3) is 0.238. The van der Waals surface area contributed by atoms with Crippen molar-refractivity contribution in [1.29, 1.82) is 0 Å². The van der Waals surface area contributed by atoms with Crippen LogP contribution in [0.25, 0.3) is 10.9 Å². The molecule has 0 unspecified atom stereocenters. The lowest BCUT2D eigenvalue weighted by atomic mass is 10.2. The highest BCUT2D eigenvalue weighted by atomic mass is 16.5. The Kier molecular flexibility index (Phi) is 5.45. The highest BCUT2D eigenvalue weighted by Gasteiger charge is 2.12. The molecule has 0 bridgehead atoms. The Morgan fingerprint density at radius 3 is 2.59 bits per heavy atom. The summed E-state index contributed by atoms with van der Waals surface area (Å²) in [4.78, 5) is 24.5. The molecule has 0 saturated heterocycles. The predicted molar refractivity (Wildman–Crippen MR) is 106 cm³/mol. The summed E-state index contributed by atoms with van der Waals surface area (Å²) in [6.07, 6.45) is 0. The van der Waals surface area contributed by atoms with Gasteiger partial charge in [0.1, 0.15) is 12.3 Å². The molecule has 27 heavy (non-hydrogen) atoms. The number of fused-ring (bicyclic) bond motifs is 1. The molecule has 0 atom stereocenters. The highest BCUT2D eigenvalue weighted by Crippen LogP contribution is 2.25. The zero-order valence-electron chi connectivity index (χ0n) is 15.7. The Bertz CT molecular complexity index is 992. The number of hydrogen-bond acceptors (Lipinski definition) is 3. The molecule has 3 aromatic rings. The molecule has 2 aromatic carbocycles. The zero-order chi connectivity index (χ0) is 19.4. The van der Waals surface area contributed by atoms with Gasteiger partial charge in [0.15, 0.2) is 0 Å². The van der Waals surface area contributed by atoms with Crippen LogP contribution in [0.3, 0.4) is 0 Å². The van der Waals surface area contributed by atoms with Crippen molar-refractivity contribution in [2.75, 3.05) is 19.0 Å². The fourth-order valence-corrected chi connectivity index (χ4v) is 3.05. The van der Waals surface area contributed by atoms with E-state index in [1.807, 2.05) is 60.9 Å². The molecule has 1 heterocycles. The van der Waals surface area contributed by atoms with Gasteiger partial charge in [-0.25, -0.2) is 0 Å². The lowest BCUT2D eigenvalue weighted by Gasteiger charge is -2.12. The number of aromatic nitrogens is 1. The zero-order valence-corrected chi connectivity index (χ0v) is 15.7. The molecule has 1 aromatic heterocycles. The van der Waals surface area contributed by atoms with Gasteiger partial charge < -0.3 is 19.9 Å². The largest absolute Gasteiger partial charge is 0.495 e. The van der Waals surface area contributed by atoms with E-state index in [1.54, 1.807) is 13.2 Å². The number of anilines is 1. The van der Waals surface area contributed by atoms with Crippen LogP contribution in [-0.4, -0.2) is 30.0 Å². The standard InChI is InChI=1S/C21H23N3O3/c1-14-8-9-19(27-3)17(10-14)23-20(25)12-22-21(26)13-24-15(2)11-16-6-4-5-7-18(16)24/h4-11H,12-13H2,1-3H3,(H,22,26)(H,23,25). The number of benzene rings is 2. The number of ether oxygens (including phenoxy) is 1. The third-order valence-electron chi connectivity index (χ3n) is 4.39. The molecule has 140 valence electrons. The van der Waals surface area contributed by atoms with E-state index in [-0.39, 0.29) is 24.9 Å². The summed E-state index contributed by atoms with van der Waals surface area (Å²) in [5, 5.41) is 6.53. The molecule has 6 heteroatoms. The first-order valence-corrected chi connectivity index (χ1v) is 8.74. The number of methoxy groups -OCH3 is 1. The number of nitrogens with one attached hydrogen (secondary N) is 2. The number of amides is 2. The van der Waals surface area contributed by atoms with E-state index in [0.29, 0.717) is 11.4 Å². The second-order valence-electron chi connectivity index (χ2n) is 6.46. The maximum absolute atomic E-state index is 12.3. The summed E-state index contributed by atoms with van der Waals surface area (Å²) in [6, 6.07) is 15.5. The lowest BCUT2D eigenvalue weighted by molar-refractivity contribution is -0.124. The van der Waals surface area contributed by atoms with Gasteiger partial charge in [0.05, 0.1) is 19.3 Å². The van der Waals surface area contributed by atoms with Crippen molar-refractivity contribution in [2.45, 2.75) is 20.4 Å². The maximum atomic E-state index is 12.3. The van der Waals surface area contributed by atoms with Crippen LogP contribution in [0.5, 0.6) is 5.75 Å². The van der Waals surface area contributed by atoms with Gasteiger partial charge in [0, 0.05) is 11.2 Å². The van der Waals surface area contributed by atoms with Crippen molar-refractivity contribution in [1.82, 2.24) is 9.88 Å². The fourth-order valence-electron chi connectivity index (χ4n) is 3.05. The molecule has 6 nitrogen and oxygen atoms in total. The molecule has 3 rings (SSSR count). The van der Waals surface area contributed by atoms with Crippen LogP contribution in [0.15, 0.2) is 48.5 Å². The minimum Gasteiger partial charge on any atom is -0.495 e. The quantitative estimate of drug-likeness (QED) is 0.705. The van der Waals surface area contributed by atoms with Crippen LogP contribution in [0.1, 0.15) is 11.3 Å². The summed E-state index contributed by atoms with van der Waals surface area (Å²) < 4.78 is 7.18. The Hall–Kier alpha value is -3.28. The van der Waals surface area contributed by atoms with Gasteiger partial charge >= 0.3 is 0 Å². The number of para-hydroxylation sites is 1. The highest BCUT2D eigenvalue weighted by molar-refractivity contribution is 5.96. The molecule has 0 aliphatic heterocycles. The molecular weight excluding hydrogens is 342 g/mol. The summed E-state index contributed by atoms with van der Waals surface area (Å²) in [6.45, 7) is 3.96. The van der Waals surface area contributed by atoms with Crippen molar-refractivity contribution >= 4 is 28.4 Å². The maximum Gasteiger partial charge on any atom is 0.243 e. The van der Waals surface area contributed by atoms with Crippen molar-refractivity contribution < 1.29 is 14.3 Å². The lowest BCUT2D eigenvalue weighted by Crippen LogP contribution is -2.35. The van der Waals surface area contributed by atoms with E-state index < -0.39 is 0 Å². The minimum atomic E-state index is -0.304. The topological polar surface area (TPSA) is 72.4 Å². The second-order valence-corrected chi connectivity index (χ2v) is 6.46. The van der Waals surface area contributed by atoms with Gasteiger partial charge in [-0.05, 0) is 49.1 Å². The van der Waals surface area contributed by atoms with E-state index >= 15 is 0 Å². The third-order valence-corrected chi connectivity index (χ3v) is 4.39. The number of hydrogen-bond donors (Lipinski definition) is 2. The normalized spacial score (nSPS) is 10.6. The van der Waals surface area contributed by atoms with Crippen LogP contribution in [0.2, 0.25) is 0 Å². The van der Waals surface area contributed by atoms with Gasteiger partial charge in [-0.2, -0.15) is 0 Å². The molecule has 2 N–H and O–H groups in total. The van der Waals surface area contributed by atoms with Crippen LogP contribution in [-0.2, 0) is 16.1 Å². The van der Waals surface area contributed by atoms with Crippen LogP contribution in [0.4, 0.5) is 5.69 Å². The first kappa shape index (κ1) is 18.5. The summed E-state index contributed by atoms with van der Waals surface area (Å²) in [7, 11) is 1.55. The predicted octanol–water partition coefficient (Wildman–Crippen LogP) is 3.02. The van der Waals surface area contributed by atoms with E-state index in [2.05, 4.69) is 10.6 Å². The van der Waals surface area contributed by atoms with Gasteiger partial charge in [-0.1, -0.05) is 24.3 Å². The van der Waals surface area contributed by atoms with Gasteiger partial charge in [-0.3, -0.25) is 9.59 Å². The molecule has 0 aliphatic rings. The third kappa shape index (κ3) is 4.28. The Morgan fingerprint density at radius 2 is 1.81 bits per heavy atom. The number of carbonyl (C=O) groups is 2. The first-order valence-electron chi connectivity index (χ1n) is 8.74. The Balaban J connectivity index is 1.60. The number of carbonyl (C=O) groups excluding carboxylic acids is 2. The molecular formula is C21H23N3O3. The van der Waals surface area contributed by atoms with Crippen molar-refractivity contribution in [3.05, 3.63) is 59.8 Å².